The fourth-order valence-corrected chi connectivity index (χ4v) is 5.73. The van der Waals surface area contributed by atoms with Crippen molar-refractivity contribution in [2.45, 2.75) is 58.0 Å². The minimum Gasteiger partial charge on any atom is -0.447 e. The first-order chi connectivity index (χ1) is 11.1. The van der Waals surface area contributed by atoms with Crippen molar-refractivity contribution in [3.63, 3.8) is 0 Å². The Morgan fingerprint density at radius 2 is 2.26 bits per heavy atom. The van der Waals surface area contributed by atoms with Gasteiger partial charge in [0.25, 0.3) is 5.91 Å². The number of hydrogen-bond acceptors (Lipinski definition) is 4. The molecule has 5 heteroatoms. The summed E-state index contributed by atoms with van der Waals surface area (Å²) in [5.41, 5.74) is 0.721. The van der Waals surface area contributed by atoms with E-state index in [1.54, 1.807) is 0 Å². The lowest BCUT2D eigenvalue weighted by molar-refractivity contribution is 0.0519. The third kappa shape index (κ3) is 2.49. The number of fused-ring (bicyclic) bond motifs is 2. The Balaban J connectivity index is 1.46. The Labute approximate surface area is 137 Å². The van der Waals surface area contributed by atoms with Crippen molar-refractivity contribution in [3.8, 4) is 0 Å². The first-order valence-corrected chi connectivity index (χ1v) is 9.00. The van der Waals surface area contributed by atoms with Crippen molar-refractivity contribution >= 4 is 5.91 Å². The molecule has 5 unspecified atom stereocenters. The van der Waals surface area contributed by atoms with Gasteiger partial charge in [-0.25, -0.2) is 4.98 Å². The minimum absolute atomic E-state index is 0.0958. The fraction of sp³-hybridized carbons (Fsp3) is 0.778. The average molecular weight is 317 g/mol. The van der Waals surface area contributed by atoms with Gasteiger partial charge < -0.3 is 15.1 Å². The molecule has 3 bridgehead atoms. The highest BCUT2D eigenvalue weighted by atomic mass is 16.3. The van der Waals surface area contributed by atoms with Crippen LogP contribution >= 0.6 is 0 Å². The molecule has 3 saturated carbocycles. The van der Waals surface area contributed by atoms with Crippen LogP contribution in [0.5, 0.6) is 0 Å². The largest absolute Gasteiger partial charge is 0.447 e. The molecule has 1 heterocycles. The predicted molar refractivity (Wildman–Crippen MR) is 86.8 cm³/mol. The molecule has 1 amide bonds. The number of aromatic nitrogens is 1. The van der Waals surface area contributed by atoms with Crippen LogP contribution in [0.4, 0.5) is 0 Å². The molecule has 1 aromatic heterocycles. The van der Waals surface area contributed by atoms with Gasteiger partial charge in [-0.15, -0.1) is 0 Å². The molecule has 23 heavy (non-hydrogen) atoms. The van der Waals surface area contributed by atoms with Crippen molar-refractivity contribution in [3.05, 3.63) is 17.8 Å². The van der Waals surface area contributed by atoms with E-state index in [1.165, 1.54) is 44.8 Å². The van der Waals surface area contributed by atoms with Crippen molar-refractivity contribution in [2.75, 3.05) is 7.05 Å². The van der Waals surface area contributed by atoms with Crippen LogP contribution < -0.4 is 10.6 Å². The van der Waals surface area contributed by atoms with Gasteiger partial charge in [-0.3, -0.25) is 4.79 Å². The van der Waals surface area contributed by atoms with Crippen molar-refractivity contribution < 1.29 is 9.21 Å². The van der Waals surface area contributed by atoms with Gasteiger partial charge in [0.1, 0.15) is 6.26 Å². The van der Waals surface area contributed by atoms with E-state index in [9.17, 15) is 4.79 Å². The zero-order valence-electron chi connectivity index (χ0n) is 14.1. The normalized spacial score (nSPS) is 36.2. The molecule has 3 aliphatic carbocycles. The summed E-state index contributed by atoms with van der Waals surface area (Å²) in [5.74, 6) is 3.13. The predicted octanol–water partition coefficient (Wildman–Crippen LogP) is 2.73. The summed E-state index contributed by atoms with van der Waals surface area (Å²) in [4.78, 5) is 16.8. The summed E-state index contributed by atoms with van der Waals surface area (Å²) in [6, 6.07) is 0.216. The molecule has 0 saturated heterocycles. The summed E-state index contributed by atoms with van der Waals surface area (Å²) in [7, 11) is 1.83. The van der Waals surface area contributed by atoms with E-state index in [2.05, 4.69) is 22.5 Å². The van der Waals surface area contributed by atoms with Gasteiger partial charge in [0.15, 0.2) is 5.69 Å². The highest BCUT2D eigenvalue weighted by Crippen LogP contribution is 2.63. The molecule has 2 N–H and O–H groups in total. The molecule has 0 spiro atoms. The van der Waals surface area contributed by atoms with E-state index in [0.717, 1.165) is 17.8 Å². The number of nitrogens with zero attached hydrogens (tertiary/aromatic N) is 1. The summed E-state index contributed by atoms with van der Waals surface area (Å²) in [5, 5.41) is 6.22. The summed E-state index contributed by atoms with van der Waals surface area (Å²) >= 11 is 0. The second-order valence-corrected chi connectivity index (χ2v) is 7.96. The fourth-order valence-electron chi connectivity index (χ4n) is 5.73. The van der Waals surface area contributed by atoms with E-state index < -0.39 is 0 Å². The number of carbonyl (C=O) groups excluding carboxylic acids is 1. The molecule has 5 atom stereocenters. The van der Waals surface area contributed by atoms with Gasteiger partial charge in [-0.2, -0.15) is 0 Å². The van der Waals surface area contributed by atoms with E-state index >= 15 is 0 Å². The van der Waals surface area contributed by atoms with Crippen LogP contribution in [0.15, 0.2) is 10.7 Å². The maximum atomic E-state index is 12.5. The molecule has 0 aliphatic heterocycles. The molecule has 3 fully saturated rings. The van der Waals surface area contributed by atoms with Crippen LogP contribution in [0.25, 0.3) is 0 Å². The Morgan fingerprint density at radius 1 is 1.43 bits per heavy atom. The van der Waals surface area contributed by atoms with E-state index in [-0.39, 0.29) is 11.9 Å². The quantitative estimate of drug-likeness (QED) is 0.876. The monoisotopic (exact) mass is 317 g/mol. The van der Waals surface area contributed by atoms with Gasteiger partial charge >= 0.3 is 0 Å². The number of hydrogen-bond donors (Lipinski definition) is 2. The van der Waals surface area contributed by atoms with Crippen LogP contribution in [-0.4, -0.2) is 24.0 Å². The summed E-state index contributed by atoms with van der Waals surface area (Å²) in [6.07, 6.45) is 9.60. The molecular formula is C18H27N3O2. The van der Waals surface area contributed by atoms with Gasteiger partial charge in [0, 0.05) is 6.04 Å². The Bertz CT molecular complexity index is 599. The topological polar surface area (TPSA) is 67.2 Å². The molecule has 0 radical (unpaired) electrons. The highest BCUT2D eigenvalue weighted by molar-refractivity contribution is 5.92. The zero-order chi connectivity index (χ0) is 16.0. The van der Waals surface area contributed by atoms with Gasteiger partial charge in [-0.1, -0.05) is 0 Å². The molecule has 4 rings (SSSR count). The number of rotatable bonds is 5. The van der Waals surface area contributed by atoms with Crippen LogP contribution in [0.2, 0.25) is 0 Å². The highest BCUT2D eigenvalue weighted by Gasteiger charge is 2.56. The van der Waals surface area contributed by atoms with Crippen LogP contribution in [-0.2, 0) is 6.54 Å². The molecular weight excluding hydrogens is 290 g/mol. The maximum Gasteiger partial charge on any atom is 0.273 e. The number of oxazole rings is 1. The number of nitrogens with one attached hydrogen (secondary N) is 2. The maximum absolute atomic E-state index is 12.5. The Morgan fingerprint density at radius 3 is 3.09 bits per heavy atom. The minimum atomic E-state index is -0.0958. The average Bonchev–Trinajstić information content (AvgIpc) is 3.05. The third-order valence-electron chi connectivity index (χ3n) is 6.72. The lowest BCUT2D eigenvalue weighted by Crippen LogP contribution is -2.49. The Kier molecular flexibility index (Phi) is 3.71. The van der Waals surface area contributed by atoms with Crippen LogP contribution in [0.1, 0.15) is 61.8 Å². The SMILES string of the molecule is CNCc1nc(C(=O)NC(C)C23CCC4CC(CC2C4)C3)co1. The zero-order valence-corrected chi connectivity index (χ0v) is 14.1. The van der Waals surface area contributed by atoms with Crippen molar-refractivity contribution in [2.24, 2.45) is 23.2 Å². The molecule has 0 aromatic carbocycles. The van der Waals surface area contributed by atoms with Gasteiger partial charge in [-0.05, 0) is 75.7 Å². The van der Waals surface area contributed by atoms with Gasteiger partial charge in [0.2, 0.25) is 5.89 Å². The first kappa shape index (κ1) is 15.2. The summed E-state index contributed by atoms with van der Waals surface area (Å²) in [6.45, 7) is 2.74. The lowest BCUT2D eigenvalue weighted by Gasteiger charge is -2.46. The Hall–Kier alpha value is -1.36. The number of carbonyl (C=O) groups is 1. The van der Waals surface area contributed by atoms with Gasteiger partial charge in [0.05, 0.1) is 6.54 Å². The molecule has 1 aromatic rings. The van der Waals surface area contributed by atoms with E-state index in [0.29, 0.717) is 23.5 Å². The van der Waals surface area contributed by atoms with Crippen LogP contribution in [0.3, 0.4) is 0 Å². The second kappa shape index (κ2) is 5.62. The van der Waals surface area contributed by atoms with Crippen molar-refractivity contribution in [1.29, 1.82) is 0 Å². The third-order valence-corrected chi connectivity index (χ3v) is 6.72. The molecule has 126 valence electrons. The summed E-state index contributed by atoms with van der Waals surface area (Å²) < 4.78 is 5.33. The standard InChI is InChI=1S/C18H27N3O2/c1-11(20-17(22)15-10-23-16(21-15)9-19-2)18-4-3-12-5-13(8-18)7-14(18)6-12/h10-14,19H,3-9H2,1-2H3,(H,20,22). The van der Waals surface area contributed by atoms with E-state index in [4.69, 9.17) is 4.42 Å². The molecule has 5 nitrogen and oxygen atoms in total. The number of amides is 1. The lowest BCUT2D eigenvalue weighted by atomic mass is 9.61. The van der Waals surface area contributed by atoms with Crippen molar-refractivity contribution in [1.82, 2.24) is 15.6 Å². The van der Waals surface area contributed by atoms with E-state index in [1.807, 2.05) is 7.05 Å². The second-order valence-electron chi connectivity index (χ2n) is 7.96. The molecule has 3 aliphatic rings. The smallest absolute Gasteiger partial charge is 0.273 e. The van der Waals surface area contributed by atoms with Crippen LogP contribution in [0, 0.1) is 23.2 Å². The first-order valence-electron chi connectivity index (χ1n) is 9.00.